The normalized spacial score (nSPS) is 14.5. The summed E-state index contributed by atoms with van der Waals surface area (Å²) in [5.41, 5.74) is 3.41. The third-order valence-corrected chi connectivity index (χ3v) is 6.46. The lowest BCUT2D eigenvalue weighted by atomic mass is 9.73. The molecule has 1 aliphatic rings. The highest BCUT2D eigenvalue weighted by Gasteiger charge is 2.33. The minimum absolute atomic E-state index is 0.0745. The summed E-state index contributed by atoms with van der Waals surface area (Å²) in [6.07, 6.45) is 7.80. The van der Waals surface area contributed by atoms with Crippen molar-refractivity contribution < 1.29 is 9.53 Å². The van der Waals surface area contributed by atoms with Gasteiger partial charge in [0.2, 0.25) is 0 Å². The lowest BCUT2D eigenvalue weighted by molar-refractivity contribution is -0.134. The first-order valence-corrected chi connectivity index (χ1v) is 10.9. The molecule has 1 aromatic carbocycles. The van der Waals surface area contributed by atoms with E-state index in [1.165, 1.54) is 22.6 Å². The van der Waals surface area contributed by atoms with Crippen molar-refractivity contribution in [1.29, 1.82) is 0 Å². The quantitative estimate of drug-likeness (QED) is 0.519. The molecule has 146 valence electrons. The van der Waals surface area contributed by atoms with Crippen molar-refractivity contribution in [2.75, 3.05) is 5.75 Å². The zero-order valence-corrected chi connectivity index (χ0v) is 17.6. The maximum atomic E-state index is 11.5. The molecule has 2 heterocycles. The van der Waals surface area contributed by atoms with Crippen LogP contribution in [0.5, 0.6) is 6.01 Å². The van der Waals surface area contributed by atoms with Gasteiger partial charge in [-0.1, -0.05) is 32.6 Å². The second-order valence-electron chi connectivity index (χ2n) is 7.03. The van der Waals surface area contributed by atoms with Gasteiger partial charge in [0.15, 0.2) is 0 Å². The Morgan fingerprint density at radius 1 is 1.14 bits per heavy atom. The summed E-state index contributed by atoms with van der Waals surface area (Å²) in [5.74, 6) is 7.22. The van der Waals surface area contributed by atoms with E-state index in [0.717, 1.165) is 24.8 Å². The molecule has 0 radical (unpaired) electrons. The van der Waals surface area contributed by atoms with Gasteiger partial charge in [-0.2, -0.15) is 0 Å². The van der Waals surface area contributed by atoms with E-state index in [-0.39, 0.29) is 17.4 Å². The van der Waals surface area contributed by atoms with Crippen molar-refractivity contribution >= 4 is 17.7 Å². The molecule has 0 bridgehead atoms. The van der Waals surface area contributed by atoms with Crippen molar-refractivity contribution in [2.45, 2.75) is 63.2 Å². The van der Waals surface area contributed by atoms with Crippen LogP contribution in [-0.4, -0.2) is 21.7 Å². The number of hydrogen-bond donors (Lipinski definition) is 0. The lowest BCUT2D eigenvalue weighted by Gasteiger charge is -2.37. The van der Waals surface area contributed by atoms with Gasteiger partial charge in [0, 0.05) is 29.3 Å². The van der Waals surface area contributed by atoms with Gasteiger partial charge in [-0.25, -0.2) is 9.97 Å². The Hall–Kier alpha value is -2.32. The molecule has 0 amide bonds. The molecular formula is C23H26N2O2S. The standard InChI is InChI=1S/C23H26N2O2S/c1-4-7-21(26)27-22-24-15-18(16-25-22)9-8-17-10-11-20-19(14-17)23(5-2,6-3)12-13-28-20/h10-11,14-16H,4-7,12-13H2,1-3H3. The fourth-order valence-electron chi connectivity index (χ4n) is 3.56. The number of ether oxygens (including phenoxy) is 1. The third kappa shape index (κ3) is 4.56. The van der Waals surface area contributed by atoms with E-state index in [0.29, 0.717) is 12.0 Å². The summed E-state index contributed by atoms with van der Waals surface area (Å²) in [5, 5.41) is 0. The fraction of sp³-hybridized carbons (Fsp3) is 0.435. The third-order valence-electron chi connectivity index (χ3n) is 5.38. The second-order valence-corrected chi connectivity index (χ2v) is 8.16. The molecule has 3 rings (SSSR count). The number of fused-ring (bicyclic) bond motifs is 1. The van der Waals surface area contributed by atoms with E-state index in [2.05, 4.69) is 53.9 Å². The number of nitrogens with zero attached hydrogens (tertiary/aromatic N) is 2. The molecular weight excluding hydrogens is 368 g/mol. The average Bonchev–Trinajstić information content (AvgIpc) is 2.73. The number of thioether (sulfide) groups is 1. The SMILES string of the molecule is CCCC(=O)Oc1ncc(C#Cc2ccc3c(c2)C(CC)(CC)CCS3)cn1. The number of carbonyl (C=O) groups is 1. The van der Waals surface area contributed by atoms with E-state index in [9.17, 15) is 4.79 Å². The molecule has 0 saturated carbocycles. The van der Waals surface area contributed by atoms with Crippen LogP contribution in [0.1, 0.15) is 69.6 Å². The van der Waals surface area contributed by atoms with Gasteiger partial charge in [-0.15, -0.1) is 11.8 Å². The van der Waals surface area contributed by atoms with Gasteiger partial charge < -0.3 is 4.74 Å². The molecule has 0 spiro atoms. The molecule has 0 atom stereocenters. The van der Waals surface area contributed by atoms with Crippen LogP contribution in [0.3, 0.4) is 0 Å². The van der Waals surface area contributed by atoms with E-state index in [1.807, 2.05) is 18.7 Å². The highest BCUT2D eigenvalue weighted by molar-refractivity contribution is 7.99. The average molecular weight is 395 g/mol. The Morgan fingerprint density at radius 3 is 2.54 bits per heavy atom. The van der Waals surface area contributed by atoms with Crippen molar-refractivity contribution in [1.82, 2.24) is 9.97 Å². The number of aromatic nitrogens is 2. The number of rotatable bonds is 5. The zero-order valence-electron chi connectivity index (χ0n) is 16.7. The molecule has 0 aliphatic carbocycles. The molecule has 2 aromatic rings. The molecule has 0 fully saturated rings. The van der Waals surface area contributed by atoms with Gasteiger partial charge >= 0.3 is 12.0 Å². The largest absolute Gasteiger partial charge is 0.391 e. The summed E-state index contributed by atoms with van der Waals surface area (Å²) >= 11 is 1.95. The van der Waals surface area contributed by atoms with Crippen molar-refractivity contribution in [3.8, 4) is 17.9 Å². The van der Waals surface area contributed by atoms with Crippen LogP contribution in [-0.2, 0) is 10.2 Å². The van der Waals surface area contributed by atoms with Crippen LogP contribution in [0, 0.1) is 11.8 Å². The summed E-state index contributed by atoms with van der Waals surface area (Å²) in [4.78, 5) is 21.0. The van der Waals surface area contributed by atoms with Crippen LogP contribution in [0.4, 0.5) is 0 Å². The van der Waals surface area contributed by atoms with Crippen molar-refractivity contribution in [2.24, 2.45) is 0 Å². The highest BCUT2D eigenvalue weighted by atomic mass is 32.2. The van der Waals surface area contributed by atoms with E-state index >= 15 is 0 Å². The van der Waals surface area contributed by atoms with Gasteiger partial charge in [-0.3, -0.25) is 4.79 Å². The van der Waals surface area contributed by atoms with Crippen LogP contribution in [0.15, 0.2) is 35.5 Å². The topological polar surface area (TPSA) is 52.1 Å². The van der Waals surface area contributed by atoms with Gasteiger partial charge in [-0.05, 0) is 60.6 Å². The molecule has 1 aliphatic heterocycles. The summed E-state index contributed by atoms with van der Waals surface area (Å²) in [7, 11) is 0. The van der Waals surface area contributed by atoms with Crippen LogP contribution < -0.4 is 4.74 Å². The monoisotopic (exact) mass is 394 g/mol. The minimum atomic E-state index is -0.316. The van der Waals surface area contributed by atoms with Gasteiger partial charge in [0.1, 0.15) is 0 Å². The number of carbonyl (C=O) groups excluding carboxylic acids is 1. The molecule has 0 N–H and O–H groups in total. The first-order valence-electron chi connectivity index (χ1n) is 9.92. The van der Waals surface area contributed by atoms with Crippen molar-refractivity contribution in [3.05, 3.63) is 47.3 Å². The summed E-state index contributed by atoms with van der Waals surface area (Å²) < 4.78 is 5.07. The smallest absolute Gasteiger partial charge is 0.324 e. The first kappa shape index (κ1) is 20.4. The number of esters is 1. The molecule has 1 aromatic heterocycles. The van der Waals surface area contributed by atoms with Gasteiger partial charge in [0.25, 0.3) is 0 Å². The van der Waals surface area contributed by atoms with Crippen LogP contribution in [0.2, 0.25) is 0 Å². The fourth-order valence-corrected chi connectivity index (χ4v) is 4.87. The Balaban J connectivity index is 1.78. The van der Waals surface area contributed by atoms with E-state index < -0.39 is 0 Å². The first-order chi connectivity index (χ1) is 13.6. The molecule has 28 heavy (non-hydrogen) atoms. The summed E-state index contributed by atoms with van der Waals surface area (Å²) in [6.45, 7) is 6.49. The molecule has 5 heteroatoms. The minimum Gasteiger partial charge on any atom is -0.391 e. The zero-order chi connectivity index (χ0) is 20.0. The predicted octanol–water partition coefficient (Wildman–Crippen LogP) is 5.14. The Kier molecular flexibility index (Phi) is 6.74. The highest BCUT2D eigenvalue weighted by Crippen LogP contribution is 2.46. The number of benzene rings is 1. The number of hydrogen-bond acceptors (Lipinski definition) is 5. The Labute approximate surface area is 171 Å². The van der Waals surface area contributed by atoms with Crippen LogP contribution >= 0.6 is 11.8 Å². The Bertz CT molecular complexity index is 893. The van der Waals surface area contributed by atoms with Crippen molar-refractivity contribution in [3.63, 3.8) is 0 Å². The molecule has 0 unspecified atom stereocenters. The van der Waals surface area contributed by atoms with Gasteiger partial charge in [0.05, 0.1) is 5.56 Å². The molecule has 0 saturated heterocycles. The van der Waals surface area contributed by atoms with E-state index in [1.54, 1.807) is 12.4 Å². The lowest BCUT2D eigenvalue weighted by Crippen LogP contribution is -2.28. The maximum Gasteiger partial charge on any atom is 0.324 e. The Morgan fingerprint density at radius 2 is 1.86 bits per heavy atom. The van der Waals surface area contributed by atoms with E-state index in [4.69, 9.17) is 4.74 Å². The predicted molar refractivity (Wildman–Crippen MR) is 113 cm³/mol. The maximum absolute atomic E-state index is 11.5. The molecule has 4 nitrogen and oxygen atoms in total. The summed E-state index contributed by atoms with van der Waals surface area (Å²) in [6, 6.07) is 6.62. The van der Waals surface area contributed by atoms with Crippen LogP contribution in [0.25, 0.3) is 0 Å². The second kappa shape index (κ2) is 9.25.